The third-order valence-electron chi connectivity index (χ3n) is 7.74. The van der Waals surface area contributed by atoms with E-state index in [1.807, 2.05) is 12.1 Å². The van der Waals surface area contributed by atoms with Crippen molar-refractivity contribution in [2.75, 3.05) is 18.0 Å². The van der Waals surface area contributed by atoms with Crippen LogP contribution in [0.2, 0.25) is 5.02 Å². The summed E-state index contributed by atoms with van der Waals surface area (Å²) < 4.78 is 6.03. The van der Waals surface area contributed by atoms with E-state index in [4.69, 9.17) is 21.6 Å². The Morgan fingerprint density at radius 2 is 1.89 bits per heavy atom. The lowest BCUT2D eigenvalue weighted by Gasteiger charge is -2.50. The van der Waals surface area contributed by atoms with E-state index >= 15 is 0 Å². The molecule has 9 heteroatoms. The van der Waals surface area contributed by atoms with Gasteiger partial charge in [-0.1, -0.05) is 11.6 Å². The van der Waals surface area contributed by atoms with E-state index in [-0.39, 0.29) is 24.2 Å². The minimum Gasteiger partial charge on any atom is -0.490 e. The van der Waals surface area contributed by atoms with E-state index in [0.29, 0.717) is 27.4 Å². The minimum atomic E-state index is -0.201. The van der Waals surface area contributed by atoms with Crippen LogP contribution in [0.15, 0.2) is 30.3 Å². The van der Waals surface area contributed by atoms with Gasteiger partial charge in [0.15, 0.2) is 11.5 Å². The standard InChI is InChI=1S/C26H30ClN5O3/c27-22-13-21(4-1-17(22)16-28)35-20-5-2-18(3-6-20)29-25(34)23-7-8-24(31-30-23)32-11-9-26(10-12-32)14-19(33)15-26/h1,4,7-8,13,18-20,33H,2-3,5-6,9-12,14-15H2,(H,29,34)/t18-,20-. The molecule has 1 spiro atoms. The van der Waals surface area contributed by atoms with Gasteiger partial charge in [0, 0.05) is 25.2 Å². The number of amides is 1. The lowest BCUT2D eigenvalue weighted by Crippen LogP contribution is -2.49. The number of carbonyl (C=O) groups excluding carboxylic acids is 1. The van der Waals surface area contributed by atoms with Gasteiger partial charge in [0.05, 0.1) is 22.8 Å². The Kier molecular flexibility index (Phi) is 6.81. The molecule has 0 unspecified atom stereocenters. The van der Waals surface area contributed by atoms with Crippen LogP contribution in [-0.2, 0) is 0 Å². The molecule has 1 aliphatic heterocycles. The third kappa shape index (κ3) is 5.36. The number of piperidine rings is 1. The van der Waals surface area contributed by atoms with E-state index in [1.165, 1.54) is 0 Å². The molecule has 1 saturated heterocycles. The fourth-order valence-electron chi connectivity index (χ4n) is 5.61. The highest BCUT2D eigenvalue weighted by atomic mass is 35.5. The maximum absolute atomic E-state index is 12.7. The number of aliphatic hydroxyl groups excluding tert-OH is 1. The van der Waals surface area contributed by atoms with E-state index < -0.39 is 0 Å². The number of hydrogen-bond acceptors (Lipinski definition) is 7. The molecule has 3 fully saturated rings. The summed E-state index contributed by atoms with van der Waals surface area (Å²) in [7, 11) is 0. The normalized spacial score (nSPS) is 23.9. The maximum Gasteiger partial charge on any atom is 0.272 e. The van der Waals surface area contributed by atoms with E-state index in [9.17, 15) is 9.90 Å². The third-order valence-corrected chi connectivity index (χ3v) is 8.05. The van der Waals surface area contributed by atoms with Crippen molar-refractivity contribution in [3.8, 4) is 11.8 Å². The molecule has 0 bridgehead atoms. The first-order chi connectivity index (χ1) is 16.9. The largest absolute Gasteiger partial charge is 0.490 e. The number of nitrogens with one attached hydrogen (secondary N) is 1. The molecular formula is C26H30ClN5O3. The minimum absolute atomic E-state index is 0.0538. The van der Waals surface area contributed by atoms with Gasteiger partial charge >= 0.3 is 0 Å². The average Bonchev–Trinajstić information content (AvgIpc) is 2.85. The Labute approximate surface area is 210 Å². The Bertz CT molecular complexity index is 1090. The van der Waals surface area contributed by atoms with E-state index in [0.717, 1.165) is 70.3 Å². The molecule has 2 aromatic rings. The van der Waals surface area contributed by atoms with Gasteiger partial charge < -0.3 is 20.1 Å². The van der Waals surface area contributed by atoms with Crippen molar-refractivity contribution >= 4 is 23.3 Å². The predicted molar refractivity (Wildman–Crippen MR) is 131 cm³/mol. The van der Waals surface area contributed by atoms with Crippen LogP contribution < -0.4 is 15.0 Å². The fraction of sp³-hybridized carbons (Fsp3) is 0.538. The van der Waals surface area contributed by atoms with Crippen LogP contribution in [0, 0.1) is 16.7 Å². The zero-order chi connectivity index (χ0) is 24.4. The second-order valence-corrected chi connectivity index (χ2v) is 10.6. The molecule has 1 amide bonds. The van der Waals surface area contributed by atoms with Gasteiger partial charge in [-0.25, -0.2) is 0 Å². The molecule has 8 nitrogen and oxygen atoms in total. The molecule has 1 aromatic heterocycles. The molecule has 2 aliphatic carbocycles. The van der Waals surface area contributed by atoms with Crippen molar-refractivity contribution < 1.29 is 14.6 Å². The first-order valence-corrected chi connectivity index (χ1v) is 12.7. The van der Waals surface area contributed by atoms with Crippen molar-refractivity contribution in [3.63, 3.8) is 0 Å². The Morgan fingerprint density at radius 3 is 2.49 bits per heavy atom. The van der Waals surface area contributed by atoms with E-state index in [2.05, 4.69) is 20.4 Å². The van der Waals surface area contributed by atoms with Gasteiger partial charge in [-0.2, -0.15) is 5.26 Å². The van der Waals surface area contributed by atoms with Crippen LogP contribution in [0.5, 0.6) is 5.75 Å². The van der Waals surface area contributed by atoms with Crippen LogP contribution in [0.4, 0.5) is 5.82 Å². The first-order valence-electron chi connectivity index (χ1n) is 12.4. The van der Waals surface area contributed by atoms with Gasteiger partial charge in [-0.15, -0.1) is 10.2 Å². The summed E-state index contributed by atoms with van der Waals surface area (Å²) in [5.74, 6) is 1.26. The number of nitriles is 1. The second-order valence-electron chi connectivity index (χ2n) is 10.1. The molecule has 5 rings (SSSR count). The zero-order valence-electron chi connectivity index (χ0n) is 19.6. The molecule has 2 heterocycles. The highest BCUT2D eigenvalue weighted by Gasteiger charge is 2.45. The monoisotopic (exact) mass is 495 g/mol. The van der Waals surface area contributed by atoms with Crippen LogP contribution in [0.25, 0.3) is 0 Å². The highest BCUT2D eigenvalue weighted by molar-refractivity contribution is 6.31. The van der Waals surface area contributed by atoms with Crippen molar-refractivity contribution in [3.05, 3.63) is 46.6 Å². The summed E-state index contributed by atoms with van der Waals surface area (Å²) in [6, 6.07) is 10.8. The molecule has 3 aliphatic rings. The number of aliphatic hydroxyl groups is 1. The van der Waals surface area contributed by atoms with Gasteiger partial charge in [-0.3, -0.25) is 4.79 Å². The van der Waals surface area contributed by atoms with Crippen LogP contribution in [0.1, 0.15) is 67.4 Å². The summed E-state index contributed by atoms with van der Waals surface area (Å²) in [4.78, 5) is 14.9. The van der Waals surface area contributed by atoms with Crippen LogP contribution >= 0.6 is 11.6 Å². The molecule has 2 saturated carbocycles. The number of hydrogen-bond donors (Lipinski definition) is 2. The van der Waals surface area contributed by atoms with Crippen molar-refractivity contribution in [1.82, 2.24) is 15.5 Å². The van der Waals surface area contributed by atoms with Gasteiger partial charge in [0.2, 0.25) is 0 Å². The summed E-state index contributed by atoms with van der Waals surface area (Å²) in [6.45, 7) is 1.82. The summed E-state index contributed by atoms with van der Waals surface area (Å²) >= 11 is 6.09. The van der Waals surface area contributed by atoms with Gasteiger partial charge in [0.1, 0.15) is 11.8 Å². The quantitative estimate of drug-likeness (QED) is 0.647. The first kappa shape index (κ1) is 23.8. The van der Waals surface area contributed by atoms with E-state index in [1.54, 1.807) is 24.3 Å². The number of halogens is 1. The second kappa shape index (κ2) is 10.00. The number of carbonyl (C=O) groups is 1. The predicted octanol–water partition coefficient (Wildman–Crippen LogP) is 3.86. The van der Waals surface area contributed by atoms with Gasteiger partial charge in [0.25, 0.3) is 5.91 Å². The van der Waals surface area contributed by atoms with Crippen molar-refractivity contribution in [2.45, 2.75) is 69.6 Å². The van der Waals surface area contributed by atoms with Crippen LogP contribution in [0.3, 0.4) is 0 Å². The number of anilines is 1. The number of rotatable bonds is 5. The number of ether oxygens (including phenoxy) is 1. The highest BCUT2D eigenvalue weighted by Crippen LogP contribution is 2.49. The molecular weight excluding hydrogens is 466 g/mol. The average molecular weight is 496 g/mol. The Morgan fingerprint density at radius 1 is 1.14 bits per heavy atom. The summed E-state index contributed by atoms with van der Waals surface area (Å²) in [5.41, 5.74) is 1.08. The number of nitrogens with zero attached hydrogens (tertiary/aromatic N) is 4. The lowest BCUT2D eigenvalue weighted by molar-refractivity contribution is -0.0464. The smallest absolute Gasteiger partial charge is 0.272 e. The van der Waals surface area contributed by atoms with Gasteiger partial charge in [-0.05, 0) is 81.0 Å². The molecule has 2 N–H and O–H groups in total. The number of benzene rings is 1. The summed E-state index contributed by atoms with van der Waals surface area (Å²) in [6.07, 6.45) is 7.18. The molecule has 0 radical (unpaired) electrons. The zero-order valence-corrected chi connectivity index (χ0v) is 20.4. The fourth-order valence-corrected chi connectivity index (χ4v) is 5.82. The molecule has 184 valence electrons. The maximum atomic E-state index is 12.7. The molecule has 1 aromatic carbocycles. The molecule has 0 atom stereocenters. The summed E-state index contributed by atoms with van der Waals surface area (Å²) in [5, 5.41) is 30.6. The van der Waals surface area contributed by atoms with Crippen LogP contribution in [-0.4, -0.2) is 52.6 Å². The lowest BCUT2D eigenvalue weighted by atomic mass is 9.61. The topological polar surface area (TPSA) is 111 Å². The number of aromatic nitrogens is 2. The van der Waals surface area contributed by atoms with Crippen molar-refractivity contribution in [1.29, 1.82) is 5.26 Å². The Hall–Kier alpha value is -2.89. The Balaban J connectivity index is 1.07. The van der Waals surface area contributed by atoms with Crippen molar-refractivity contribution in [2.24, 2.45) is 5.41 Å². The SMILES string of the molecule is N#Cc1ccc(O[C@H]2CC[C@H](NC(=O)c3ccc(N4CCC5(CC4)CC(O)C5)nn3)CC2)cc1Cl. The molecule has 35 heavy (non-hydrogen) atoms.